The molecule has 0 radical (unpaired) electrons. The zero-order valence-corrected chi connectivity index (χ0v) is 11.4. The Bertz CT molecular complexity index is 720. The maximum atomic E-state index is 10.9. The lowest BCUT2D eigenvalue weighted by molar-refractivity contribution is 0.0697. The summed E-state index contributed by atoms with van der Waals surface area (Å²) in [7, 11) is 0. The van der Waals surface area contributed by atoms with Gasteiger partial charge in [-0.1, -0.05) is 11.6 Å². The molecule has 4 nitrogen and oxygen atoms in total. The molecule has 0 aliphatic heterocycles. The minimum atomic E-state index is -1.06. The van der Waals surface area contributed by atoms with Crippen LogP contribution in [0.5, 0.6) is 0 Å². The molecule has 0 atom stereocenters. The highest BCUT2D eigenvalue weighted by Gasteiger charge is 2.09. The van der Waals surface area contributed by atoms with Crippen LogP contribution in [-0.2, 0) is 0 Å². The summed E-state index contributed by atoms with van der Waals surface area (Å²) < 4.78 is 0. The van der Waals surface area contributed by atoms with Gasteiger partial charge in [-0.2, -0.15) is 5.26 Å². The third-order valence-electron chi connectivity index (χ3n) is 2.84. The largest absolute Gasteiger partial charge is 0.478 e. The van der Waals surface area contributed by atoms with Crippen molar-refractivity contribution in [2.75, 3.05) is 5.32 Å². The average Bonchev–Trinajstić information content (AvgIpc) is 2.38. The SMILES string of the molecule is Cc1cc(Nc2ccc(C(=O)O)c(Cl)c2)ccc1C#N. The van der Waals surface area contributed by atoms with E-state index in [0.717, 1.165) is 11.3 Å². The zero-order valence-electron chi connectivity index (χ0n) is 10.6. The molecule has 5 heteroatoms. The maximum Gasteiger partial charge on any atom is 0.337 e. The minimum absolute atomic E-state index is 0.0632. The van der Waals surface area contributed by atoms with Crippen LogP contribution in [0.2, 0.25) is 5.02 Å². The molecule has 0 heterocycles. The quantitative estimate of drug-likeness (QED) is 0.895. The standard InChI is InChI=1S/C15H11ClN2O2/c1-9-6-11(3-2-10(9)8-17)18-12-4-5-13(15(19)20)14(16)7-12/h2-7,18H,1H3,(H,19,20). The van der Waals surface area contributed by atoms with Crippen molar-refractivity contribution in [1.29, 1.82) is 5.26 Å². The van der Waals surface area contributed by atoms with Gasteiger partial charge in [0.15, 0.2) is 0 Å². The fourth-order valence-corrected chi connectivity index (χ4v) is 2.06. The molecule has 0 aliphatic carbocycles. The molecule has 0 aliphatic rings. The fourth-order valence-electron chi connectivity index (χ4n) is 1.80. The van der Waals surface area contributed by atoms with E-state index in [1.807, 2.05) is 13.0 Å². The second kappa shape index (κ2) is 5.64. The average molecular weight is 287 g/mol. The zero-order chi connectivity index (χ0) is 14.7. The number of anilines is 2. The molecular formula is C15H11ClN2O2. The first kappa shape index (κ1) is 13.9. The summed E-state index contributed by atoms with van der Waals surface area (Å²) in [6, 6.07) is 12.1. The van der Waals surface area contributed by atoms with Gasteiger partial charge in [-0.05, 0) is 48.9 Å². The van der Waals surface area contributed by atoms with E-state index in [-0.39, 0.29) is 10.6 Å². The lowest BCUT2D eigenvalue weighted by Gasteiger charge is -2.09. The molecule has 0 saturated carbocycles. The van der Waals surface area contributed by atoms with Gasteiger partial charge >= 0.3 is 5.97 Å². The van der Waals surface area contributed by atoms with Gasteiger partial charge in [-0.15, -0.1) is 0 Å². The Morgan fingerprint density at radius 2 is 1.90 bits per heavy atom. The molecule has 0 unspecified atom stereocenters. The van der Waals surface area contributed by atoms with Crippen LogP contribution in [0.3, 0.4) is 0 Å². The Hall–Kier alpha value is -2.51. The number of carboxylic acid groups (broad SMARTS) is 1. The molecule has 2 rings (SSSR count). The predicted molar refractivity (Wildman–Crippen MR) is 77.6 cm³/mol. The van der Waals surface area contributed by atoms with Gasteiger partial charge in [0.2, 0.25) is 0 Å². The van der Waals surface area contributed by atoms with E-state index >= 15 is 0 Å². The lowest BCUT2D eigenvalue weighted by atomic mass is 10.1. The van der Waals surface area contributed by atoms with Crippen LogP contribution in [0, 0.1) is 18.3 Å². The van der Waals surface area contributed by atoms with Gasteiger partial charge in [-0.25, -0.2) is 4.79 Å². The van der Waals surface area contributed by atoms with Crippen LogP contribution in [0.4, 0.5) is 11.4 Å². The van der Waals surface area contributed by atoms with E-state index < -0.39 is 5.97 Å². The normalized spacial score (nSPS) is 9.85. The third-order valence-corrected chi connectivity index (χ3v) is 3.15. The summed E-state index contributed by atoms with van der Waals surface area (Å²) in [5.74, 6) is -1.06. The number of nitrogens with one attached hydrogen (secondary N) is 1. The number of hydrogen-bond donors (Lipinski definition) is 2. The number of aromatic carboxylic acids is 1. The van der Waals surface area contributed by atoms with Gasteiger partial charge in [-0.3, -0.25) is 0 Å². The number of nitriles is 1. The molecule has 0 fully saturated rings. The Morgan fingerprint density at radius 1 is 1.25 bits per heavy atom. The molecule has 0 amide bonds. The second-order valence-electron chi connectivity index (χ2n) is 4.27. The molecule has 0 spiro atoms. The van der Waals surface area contributed by atoms with Crippen molar-refractivity contribution in [1.82, 2.24) is 0 Å². The topological polar surface area (TPSA) is 73.1 Å². The van der Waals surface area contributed by atoms with Crippen molar-refractivity contribution >= 4 is 28.9 Å². The van der Waals surface area contributed by atoms with Crippen LogP contribution in [0.25, 0.3) is 0 Å². The number of carboxylic acids is 1. The maximum absolute atomic E-state index is 10.9. The first-order valence-electron chi connectivity index (χ1n) is 5.82. The second-order valence-corrected chi connectivity index (χ2v) is 4.67. The molecular weight excluding hydrogens is 276 g/mol. The molecule has 100 valence electrons. The molecule has 0 bridgehead atoms. The molecule has 0 aromatic heterocycles. The van der Waals surface area contributed by atoms with Gasteiger partial charge in [0, 0.05) is 11.4 Å². The first-order chi connectivity index (χ1) is 9.51. The molecule has 2 aromatic carbocycles. The Labute approximate surface area is 121 Å². The lowest BCUT2D eigenvalue weighted by Crippen LogP contribution is -1.98. The Kier molecular flexibility index (Phi) is 3.92. The Balaban J connectivity index is 2.27. The van der Waals surface area contributed by atoms with E-state index in [1.165, 1.54) is 6.07 Å². The number of carbonyl (C=O) groups is 1. The van der Waals surface area contributed by atoms with Crippen molar-refractivity contribution in [3.63, 3.8) is 0 Å². The number of benzene rings is 2. The summed E-state index contributed by atoms with van der Waals surface area (Å²) in [4.78, 5) is 10.9. The minimum Gasteiger partial charge on any atom is -0.478 e. The van der Waals surface area contributed by atoms with Gasteiger partial charge in [0.25, 0.3) is 0 Å². The van der Waals surface area contributed by atoms with Crippen molar-refractivity contribution < 1.29 is 9.90 Å². The highest BCUT2D eigenvalue weighted by atomic mass is 35.5. The van der Waals surface area contributed by atoms with Gasteiger partial charge in [0.05, 0.1) is 22.2 Å². The first-order valence-corrected chi connectivity index (χ1v) is 6.19. The molecule has 2 N–H and O–H groups in total. The van der Waals surface area contributed by atoms with Crippen LogP contribution in [0.1, 0.15) is 21.5 Å². The number of hydrogen-bond acceptors (Lipinski definition) is 3. The van der Waals surface area contributed by atoms with E-state index in [9.17, 15) is 4.79 Å². The number of nitrogens with zero attached hydrogens (tertiary/aromatic N) is 1. The van der Waals surface area contributed by atoms with E-state index in [1.54, 1.807) is 24.3 Å². The van der Waals surface area contributed by atoms with Crippen LogP contribution in [0.15, 0.2) is 36.4 Å². The Morgan fingerprint density at radius 3 is 2.45 bits per heavy atom. The van der Waals surface area contributed by atoms with E-state index in [2.05, 4.69) is 11.4 Å². The third kappa shape index (κ3) is 2.90. The van der Waals surface area contributed by atoms with Gasteiger partial charge in [0.1, 0.15) is 0 Å². The summed E-state index contributed by atoms with van der Waals surface area (Å²) >= 11 is 5.91. The van der Waals surface area contributed by atoms with Crippen molar-refractivity contribution in [2.24, 2.45) is 0 Å². The summed E-state index contributed by atoms with van der Waals surface area (Å²) in [6.45, 7) is 1.85. The smallest absolute Gasteiger partial charge is 0.337 e. The molecule has 20 heavy (non-hydrogen) atoms. The monoisotopic (exact) mass is 286 g/mol. The van der Waals surface area contributed by atoms with Crippen LogP contribution in [-0.4, -0.2) is 11.1 Å². The number of halogens is 1. The van der Waals surface area contributed by atoms with Gasteiger partial charge < -0.3 is 10.4 Å². The van der Waals surface area contributed by atoms with Crippen LogP contribution >= 0.6 is 11.6 Å². The summed E-state index contributed by atoms with van der Waals surface area (Å²) in [5, 5.41) is 21.1. The summed E-state index contributed by atoms with van der Waals surface area (Å²) in [5.41, 5.74) is 3.04. The highest BCUT2D eigenvalue weighted by molar-refractivity contribution is 6.33. The fraction of sp³-hybridized carbons (Fsp3) is 0.0667. The van der Waals surface area contributed by atoms with Crippen molar-refractivity contribution in [3.05, 3.63) is 58.1 Å². The van der Waals surface area contributed by atoms with Crippen molar-refractivity contribution in [2.45, 2.75) is 6.92 Å². The van der Waals surface area contributed by atoms with E-state index in [0.29, 0.717) is 11.3 Å². The van der Waals surface area contributed by atoms with E-state index in [4.69, 9.17) is 22.0 Å². The number of rotatable bonds is 3. The highest BCUT2D eigenvalue weighted by Crippen LogP contribution is 2.24. The van der Waals surface area contributed by atoms with Crippen LogP contribution < -0.4 is 5.32 Å². The molecule has 0 saturated heterocycles. The number of aryl methyl sites for hydroxylation is 1. The molecule has 2 aromatic rings. The van der Waals surface area contributed by atoms with Crippen molar-refractivity contribution in [3.8, 4) is 6.07 Å². The predicted octanol–water partition coefficient (Wildman–Crippen LogP) is 3.96. The summed E-state index contributed by atoms with van der Waals surface area (Å²) in [6.07, 6.45) is 0.